The van der Waals surface area contributed by atoms with E-state index in [2.05, 4.69) is 36.0 Å². The zero-order valence-corrected chi connectivity index (χ0v) is 13.9. The highest BCUT2D eigenvalue weighted by molar-refractivity contribution is 7.07. The van der Waals surface area contributed by atoms with Crippen molar-refractivity contribution in [3.8, 4) is 0 Å². The topological polar surface area (TPSA) is 29.1 Å². The fraction of sp³-hybridized carbons (Fsp3) is 0.722. The van der Waals surface area contributed by atoms with E-state index in [4.69, 9.17) is 0 Å². The summed E-state index contributed by atoms with van der Waals surface area (Å²) in [6.45, 7) is 5.55. The van der Waals surface area contributed by atoms with Crippen LogP contribution in [-0.4, -0.2) is 5.91 Å². The number of carbonyl (C=O) groups is 1. The van der Waals surface area contributed by atoms with Crippen LogP contribution in [0.3, 0.4) is 0 Å². The van der Waals surface area contributed by atoms with Gasteiger partial charge in [-0.25, -0.2) is 0 Å². The molecule has 1 aromatic rings. The van der Waals surface area contributed by atoms with Crippen LogP contribution in [0.2, 0.25) is 0 Å². The van der Waals surface area contributed by atoms with E-state index in [1.165, 1.54) is 24.8 Å². The average Bonchev–Trinajstić information content (AvgIpc) is 2.84. The van der Waals surface area contributed by atoms with Crippen molar-refractivity contribution in [2.45, 2.75) is 58.9 Å². The van der Waals surface area contributed by atoms with Crippen LogP contribution in [-0.2, 0) is 11.3 Å². The van der Waals surface area contributed by atoms with Gasteiger partial charge in [0.15, 0.2) is 0 Å². The summed E-state index contributed by atoms with van der Waals surface area (Å²) in [5.41, 5.74) is 1.98. The molecule has 4 aliphatic rings. The van der Waals surface area contributed by atoms with E-state index in [1.807, 2.05) is 0 Å². The van der Waals surface area contributed by atoms with E-state index >= 15 is 0 Å². The van der Waals surface area contributed by atoms with Gasteiger partial charge in [0.25, 0.3) is 0 Å². The Hall–Kier alpha value is -0.830. The van der Waals surface area contributed by atoms with Crippen LogP contribution in [0, 0.1) is 22.2 Å². The van der Waals surface area contributed by atoms with Crippen LogP contribution >= 0.6 is 11.3 Å². The molecule has 0 saturated heterocycles. The first-order valence-corrected chi connectivity index (χ1v) is 9.14. The van der Waals surface area contributed by atoms with Crippen molar-refractivity contribution in [1.29, 1.82) is 0 Å². The highest BCUT2D eigenvalue weighted by atomic mass is 32.1. The van der Waals surface area contributed by atoms with Gasteiger partial charge in [0.1, 0.15) is 0 Å². The Balaban J connectivity index is 1.54. The van der Waals surface area contributed by atoms with Crippen molar-refractivity contribution in [3.05, 3.63) is 22.4 Å². The molecule has 1 aromatic heterocycles. The van der Waals surface area contributed by atoms with Gasteiger partial charge in [0, 0.05) is 6.54 Å². The molecule has 5 rings (SSSR count). The molecule has 21 heavy (non-hydrogen) atoms. The fourth-order valence-corrected chi connectivity index (χ4v) is 7.13. The second-order valence-electron chi connectivity index (χ2n) is 8.72. The first-order valence-electron chi connectivity index (χ1n) is 8.20. The molecule has 0 spiro atoms. The smallest absolute Gasteiger partial charge is 0.226 e. The minimum absolute atomic E-state index is 0.0705. The zero-order chi connectivity index (χ0) is 14.7. The van der Waals surface area contributed by atoms with E-state index in [0.29, 0.717) is 23.3 Å². The van der Waals surface area contributed by atoms with E-state index in [-0.39, 0.29) is 5.41 Å². The van der Waals surface area contributed by atoms with Crippen molar-refractivity contribution < 1.29 is 4.79 Å². The number of hydrogen-bond donors (Lipinski definition) is 1. The van der Waals surface area contributed by atoms with E-state index in [9.17, 15) is 4.79 Å². The molecule has 1 amide bonds. The predicted octanol–water partition coefficient (Wildman–Crippen LogP) is 4.36. The lowest BCUT2D eigenvalue weighted by molar-refractivity contribution is -0.170. The van der Waals surface area contributed by atoms with Crippen LogP contribution in [0.15, 0.2) is 16.8 Å². The first kappa shape index (κ1) is 13.8. The quantitative estimate of drug-likeness (QED) is 0.883. The SMILES string of the molecule is CC12CC3CC(C)(C1)CC(C(=O)NCc1ccsc1)(C3)C2. The van der Waals surface area contributed by atoms with Crippen LogP contribution < -0.4 is 5.32 Å². The summed E-state index contributed by atoms with van der Waals surface area (Å²) < 4.78 is 0. The number of hydrogen-bond acceptors (Lipinski definition) is 2. The lowest BCUT2D eigenvalue weighted by Gasteiger charge is -2.64. The zero-order valence-electron chi connectivity index (χ0n) is 13.1. The summed E-state index contributed by atoms with van der Waals surface area (Å²) in [5, 5.41) is 7.45. The van der Waals surface area contributed by atoms with Crippen molar-refractivity contribution >= 4 is 17.2 Å². The number of rotatable bonds is 3. The van der Waals surface area contributed by atoms with Crippen LogP contribution in [0.5, 0.6) is 0 Å². The summed E-state index contributed by atoms with van der Waals surface area (Å²) in [4.78, 5) is 13.0. The molecule has 4 fully saturated rings. The summed E-state index contributed by atoms with van der Waals surface area (Å²) in [6, 6.07) is 2.10. The Labute approximate surface area is 131 Å². The normalized spacial score (nSPS) is 44.0. The minimum Gasteiger partial charge on any atom is -0.352 e. The van der Waals surface area contributed by atoms with Gasteiger partial charge in [-0.15, -0.1) is 0 Å². The number of thiophene rings is 1. The molecule has 0 aromatic carbocycles. The molecule has 2 nitrogen and oxygen atoms in total. The summed E-state index contributed by atoms with van der Waals surface area (Å²) >= 11 is 1.70. The minimum atomic E-state index is -0.0705. The van der Waals surface area contributed by atoms with Crippen LogP contribution in [0.25, 0.3) is 0 Å². The summed E-state index contributed by atoms with van der Waals surface area (Å²) in [6.07, 6.45) is 7.39. The molecule has 2 atom stereocenters. The molecule has 4 saturated carbocycles. The maximum Gasteiger partial charge on any atom is 0.226 e. The van der Waals surface area contributed by atoms with Crippen molar-refractivity contribution in [3.63, 3.8) is 0 Å². The molecular weight excluding hydrogens is 278 g/mol. The Kier molecular flexibility index (Phi) is 2.86. The molecule has 0 aliphatic heterocycles. The monoisotopic (exact) mass is 303 g/mol. The predicted molar refractivity (Wildman–Crippen MR) is 86.0 cm³/mol. The summed E-state index contributed by atoms with van der Waals surface area (Å²) in [5.74, 6) is 1.11. The maximum atomic E-state index is 13.0. The molecule has 4 bridgehead atoms. The molecule has 1 heterocycles. The molecule has 2 unspecified atom stereocenters. The van der Waals surface area contributed by atoms with Crippen LogP contribution in [0.4, 0.5) is 0 Å². The number of carbonyl (C=O) groups excluding carboxylic acids is 1. The summed E-state index contributed by atoms with van der Waals surface area (Å²) in [7, 11) is 0. The average molecular weight is 303 g/mol. The number of amides is 1. The molecule has 1 N–H and O–H groups in total. The molecule has 4 aliphatic carbocycles. The van der Waals surface area contributed by atoms with Crippen molar-refractivity contribution in [2.24, 2.45) is 22.2 Å². The van der Waals surface area contributed by atoms with Crippen LogP contribution in [0.1, 0.15) is 57.9 Å². The van der Waals surface area contributed by atoms with Gasteiger partial charge in [0.05, 0.1) is 5.41 Å². The Morgan fingerprint density at radius 1 is 1.24 bits per heavy atom. The van der Waals surface area contributed by atoms with Gasteiger partial charge in [0.2, 0.25) is 5.91 Å². The van der Waals surface area contributed by atoms with E-state index in [1.54, 1.807) is 11.3 Å². The lowest BCUT2D eigenvalue weighted by Crippen LogP contribution is -2.59. The van der Waals surface area contributed by atoms with Gasteiger partial charge < -0.3 is 5.32 Å². The number of nitrogens with one attached hydrogen (secondary N) is 1. The van der Waals surface area contributed by atoms with Gasteiger partial charge in [-0.1, -0.05) is 13.8 Å². The van der Waals surface area contributed by atoms with Gasteiger partial charge in [-0.05, 0) is 77.7 Å². The second-order valence-corrected chi connectivity index (χ2v) is 9.50. The Morgan fingerprint density at radius 3 is 2.52 bits per heavy atom. The largest absolute Gasteiger partial charge is 0.352 e. The Morgan fingerprint density at radius 2 is 1.95 bits per heavy atom. The van der Waals surface area contributed by atoms with Crippen molar-refractivity contribution in [2.75, 3.05) is 0 Å². The maximum absolute atomic E-state index is 13.0. The van der Waals surface area contributed by atoms with Gasteiger partial charge >= 0.3 is 0 Å². The molecule has 0 radical (unpaired) electrons. The first-order chi connectivity index (χ1) is 9.91. The van der Waals surface area contributed by atoms with Gasteiger partial charge in [-0.2, -0.15) is 11.3 Å². The highest BCUT2D eigenvalue weighted by Crippen LogP contribution is 2.69. The highest BCUT2D eigenvalue weighted by Gasteiger charge is 2.62. The fourth-order valence-electron chi connectivity index (χ4n) is 6.46. The van der Waals surface area contributed by atoms with E-state index < -0.39 is 0 Å². The lowest BCUT2D eigenvalue weighted by atomic mass is 9.40. The standard InChI is InChI=1S/C18H25NOS/c1-16-5-14-6-17(2,10-16)12-18(7-14,11-16)15(20)19-8-13-3-4-21-9-13/h3-4,9,14H,5-8,10-12H2,1-2H3,(H,19,20). The molecule has 3 heteroatoms. The Bertz CT molecular complexity index is 546. The molecular formula is C18H25NOS. The van der Waals surface area contributed by atoms with E-state index in [0.717, 1.165) is 25.2 Å². The molecule has 114 valence electrons. The third-order valence-corrected chi connectivity index (χ3v) is 6.87. The third kappa shape index (κ3) is 2.25. The van der Waals surface area contributed by atoms with Crippen molar-refractivity contribution in [1.82, 2.24) is 5.32 Å². The third-order valence-electron chi connectivity index (χ3n) is 6.14. The second kappa shape index (κ2) is 4.34. The van der Waals surface area contributed by atoms with Gasteiger partial charge in [-0.3, -0.25) is 4.79 Å².